The van der Waals surface area contributed by atoms with Crippen molar-refractivity contribution in [2.75, 3.05) is 20.8 Å². The van der Waals surface area contributed by atoms with Gasteiger partial charge < -0.3 is 29.3 Å². The lowest BCUT2D eigenvalue weighted by atomic mass is 9.94. The number of hydrogen-bond donors (Lipinski definition) is 2. The van der Waals surface area contributed by atoms with Crippen LogP contribution < -0.4 is 14.2 Å². The number of ketones is 1. The van der Waals surface area contributed by atoms with Crippen LogP contribution in [0.2, 0.25) is 0 Å². The summed E-state index contributed by atoms with van der Waals surface area (Å²) in [6.07, 6.45) is 0. The molecule has 1 aliphatic heterocycles. The Kier molecular flexibility index (Phi) is 7.15. The monoisotopic (exact) mass is 489 g/mol. The molecule has 8 heteroatoms. The quantitative estimate of drug-likeness (QED) is 0.274. The van der Waals surface area contributed by atoms with E-state index in [2.05, 4.69) is 0 Å². The van der Waals surface area contributed by atoms with Crippen LogP contribution >= 0.6 is 0 Å². The first-order chi connectivity index (χ1) is 17.4. The third kappa shape index (κ3) is 4.70. The van der Waals surface area contributed by atoms with E-state index in [0.29, 0.717) is 29.2 Å². The number of hydrogen-bond acceptors (Lipinski definition) is 7. The molecule has 3 aromatic rings. The summed E-state index contributed by atoms with van der Waals surface area (Å²) in [5, 5.41) is 21.4. The van der Waals surface area contributed by atoms with Gasteiger partial charge in [0.25, 0.3) is 11.7 Å². The highest BCUT2D eigenvalue weighted by Crippen LogP contribution is 2.42. The fourth-order valence-corrected chi connectivity index (χ4v) is 4.19. The van der Waals surface area contributed by atoms with Crippen LogP contribution in [0.3, 0.4) is 0 Å². The number of amides is 1. The van der Waals surface area contributed by atoms with E-state index in [1.807, 2.05) is 0 Å². The van der Waals surface area contributed by atoms with Gasteiger partial charge in [0.05, 0.1) is 32.4 Å². The average molecular weight is 490 g/mol. The number of aromatic hydroxyl groups is 1. The van der Waals surface area contributed by atoms with Crippen LogP contribution in [0, 0.1) is 0 Å². The van der Waals surface area contributed by atoms with Crippen molar-refractivity contribution < 1.29 is 34.0 Å². The van der Waals surface area contributed by atoms with E-state index in [9.17, 15) is 19.8 Å². The van der Waals surface area contributed by atoms with E-state index in [1.54, 1.807) is 74.7 Å². The van der Waals surface area contributed by atoms with Gasteiger partial charge in [-0.3, -0.25) is 9.59 Å². The molecule has 8 nitrogen and oxygen atoms in total. The second-order valence-electron chi connectivity index (χ2n) is 8.16. The van der Waals surface area contributed by atoms with Crippen molar-refractivity contribution in [1.82, 2.24) is 4.90 Å². The molecule has 1 amide bonds. The standard InChI is InChI=1S/C28H27NO7/c1-4-36-23-15-19(9-14-22(23)30)25-24(26(31)18-7-12-21(35-3)13-8-18)27(32)28(33)29(25)16-17-5-10-20(34-2)11-6-17/h5-15,25,30-31H,4,16H2,1-3H3/b26-24-. The topological polar surface area (TPSA) is 106 Å². The Morgan fingerprint density at radius 2 is 1.53 bits per heavy atom. The van der Waals surface area contributed by atoms with Gasteiger partial charge in [-0.15, -0.1) is 0 Å². The fraction of sp³-hybridized carbons (Fsp3) is 0.214. The minimum absolute atomic E-state index is 0.0492. The number of ether oxygens (including phenoxy) is 3. The summed E-state index contributed by atoms with van der Waals surface area (Å²) in [5.41, 5.74) is 1.61. The summed E-state index contributed by atoms with van der Waals surface area (Å²) in [6, 6.07) is 17.4. The predicted molar refractivity (Wildman–Crippen MR) is 133 cm³/mol. The Hall–Kier alpha value is -4.46. The zero-order valence-corrected chi connectivity index (χ0v) is 20.2. The summed E-state index contributed by atoms with van der Waals surface area (Å²) >= 11 is 0. The Labute approximate surface area is 209 Å². The van der Waals surface area contributed by atoms with Gasteiger partial charge in [0.15, 0.2) is 11.5 Å². The SMILES string of the molecule is CCOc1cc(C2/C(=C(/O)c3ccc(OC)cc3)C(=O)C(=O)N2Cc2ccc(OC)cc2)ccc1O. The fourth-order valence-electron chi connectivity index (χ4n) is 4.19. The smallest absolute Gasteiger partial charge is 0.295 e. The maximum Gasteiger partial charge on any atom is 0.295 e. The molecule has 2 N–H and O–H groups in total. The van der Waals surface area contributed by atoms with E-state index in [1.165, 1.54) is 18.1 Å². The van der Waals surface area contributed by atoms with Crippen molar-refractivity contribution in [2.24, 2.45) is 0 Å². The first-order valence-corrected chi connectivity index (χ1v) is 11.4. The largest absolute Gasteiger partial charge is 0.507 e. The second-order valence-corrected chi connectivity index (χ2v) is 8.16. The van der Waals surface area contributed by atoms with Gasteiger partial charge in [0, 0.05) is 12.1 Å². The van der Waals surface area contributed by atoms with Crippen molar-refractivity contribution in [3.63, 3.8) is 0 Å². The van der Waals surface area contributed by atoms with Crippen LogP contribution in [0.5, 0.6) is 23.0 Å². The molecular weight excluding hydrogens is 462 g/mol. The minimum Gasteiger partial charge on any atom is -0.507 e. The molecule has 3 aromatic carbocycles. The van der Waals surface area contributed by atoms with Gasteiger partial charge >= 0.3 is 0 Å². The molecule has 0 spiro atoms. The number of rotatable bonds is 8. The third-order valence-electron chi connectivity index (χ3n) is 6.01. The molecule has 1 aliphatic rings. The number of carbonyl (C=O) groups excluding carboxylic acids is 2. The number of likely N-dealkylation sites (tertiary alicyclic amines) is 1. The molecular formula is C28H27NO7. The molecule has 0 aliphatic carbocycles. The van der Waals surface area contributed by atoms with Crippen LogP contribution in [0.15, 0.2) is 72.3 Å². The van der Waals surface area contributed by atoms with Crippen LogP contribution in [0.1, 0.15) is 29.7 Å². The van der Waals surface area contributed by atoms with E-state index in [-0.39, 0.29) is 29.4 Å². The van der Waals surface area contributed by atoms with Gasteiger partial charge in [-0.25, -0.2) is 0 Å². The number of aliphatic hydroxyl groups is 1. The number of carbonyl (C=O) groups is 2. The number of phenolic OH excluding ortho intramolecular Hbond substituents is 1. The Morgan fingerprint density at radius 1 is 0.917 bits per heavy atom. The normalized spacial score (nSPS) is 16.8. The highest BCUT2D eigenvalue weighted by Gasteiger charge is 2.46. The Bertz CT molecular complexity index is 1300. The lowest BCUT2D eigenvalue weighted by molar-refractivity contribution is -0.140. The first kappa shape index (κ1) is 24.7. The molecule has 36 heavy (non-hydrogen) atoms. The Balaban J connectivity index is 1.84. The number of methoxy groups -OCH3 is 2. The average Bonchev–Trinajstić information content (AvgIpc) is 3.15. The van der Waals surface area contributed by atoms with E-state index < -0.39 is 17.7 Å². The molecule has 1 unspecified atom stereocenters. The zero-order valence-electron chi connectivity index (χ0n) is 20.2. The first-order valence-electron chi connectivity index (χ1n) is 11.4. The number of Topliss-reactive ketones (excluding diaryl/α,β-unsaturated/α-hetero) is 1. The van der Waals surface area contributed by atoms with Gasteiger partial charge in [-0.1, -0.05) is 18.2 Å². The van der Waals surface area contributed by atoms with Crippen molar-refractivity contribution >= 4 is 17.4 Å². The summed E-state index contributed by atoms with van der Waals surface area (Å²) < 4.78 is 15.9. The Morgan fingerprint density at radius 3 is 2.11 bits per heavy atom. The number of aliphatic hydroxyl groups excluding tert-OH is 1. The molecule has 1 saturated heterocycles. The molecule has 0 radical (unpaired) electrons. The summed E-state index contributed by atoms with van der Waals surface area (Å²) in [7, 11) is 3.09. The summed E-state index contributed by atoms with van der Waals surface area (Å²) in [6.45, 7) is 2.21. The predicted octanol–water partition coefficient (Wildman–Crippen LogP) is 4.43. The van der Waals surface area contributed by atoms with E-state index >= 15 is 0 Å². The maximum absolute atomic E-state index is 13.3. The molecule has 0 saturated carbocycles. The minimum atomic E-state index is -0.908. The molecule has 1 fully saturated rings. The van der Waals surface area contributed by atoms with Crippen LogP contribution in [-0.4, -0.2) is 47.6 Å². The second kappa shape index (κ2) is 10.4. The van der Waals surface area contributed by atoms with Crippen molar-refractivity contribution in [1.29, 1.82) is 0 Å². The van der Waals surface area contributed by atoms with Crippen molar-refractivity contribution in [3.05, 3.63) is 89.0 Å². The summed E-state index contributed by atoms with van der Waals surface area (Å²) in [4.78, 5) is 27.9. The highest BCUT2D eigenvalue weighted by molar-refractivity contribution is 6.46. The molecule has 186 valence electrons. The lowest BCUT2D eigenvalue weighted by Crippen LogP contribution is -2.29. The van der Waals surface area contributed by atoms with Crippen molar-refractivity contribution in [2.45, 2.75) is 19.5 Å². The molecule has 1 atom stereocenters. The van der Waals surface area contributed by atoms with Crippen LogP contribution in [0.25, 0.3) is 5.76 Å². The highest BCUT2D eigenvalue weighted by atomic mass is 16.5. The number of phenols is 1. The van der Waals surface area contributed by atoms with E-state index in [4.69, 9.17) is 14.2 Å². The van der Waals surface area contributed by atoms with E-state index in [0.717, 1.165) is 5.56 Å². The molecule has 0 bridgehead atoms. The van der Waals surface area contributed by atoms with Gasteiger partial charge in [0.1, 0.15) is 17.3 Å². The third-order valence-corrected chi connectivity index (χ3v) is 6.01. The lowest BCUT2D eigenvalue weighted by Gasteiger charge is -2.26. The number of nitrogens with zero attached hydrogens (tertiary/aromatic N) is 1. The summed E-state index contributed by atoms with van der Waals surface area (Å²) in [5.74, 6) is -0.439. The maximum atomic E-state index is 13.3. The van der Waals surface area contributed by atoms with Gasteiger partial charge in [0.2, 0.25) is 0 Å². The molecule has 1 heterocycles. The number of benzene rings is 3. The van der Waals surface area contributed by atoms with Gasteiger partial charge in [-0.05, 0) is 66.6 Å². The van der Waals surface area contributed by atoms with Gasteiger partial charge in [-0.2, -0.15) is 0 Å². The zero-order chi connectivity index (χ0) is 25.8. The molecule has 4 rings (SSSR count). The van der Waals surface area contributed by atoms with Crippen LogP contribution in [0.4, 0.5) is 0 Å². The molecule has 0 aromatic heterocycles. The van der Waals surface area contributed by atoms with Crippen LogP contribution in [-0.2, 0) is 16.1 Å². The van der Waals surface area contributed by atoms with Crippen molar-refractivity contribution in [3.8, 4) is 23.0 Å².